The summed E-state index contributed by atoms with van der Waals surface area (Å²) in [6.45, 7) is 9.30. The van der Waals surface area contributed by atoms with Crippen molar-refractivity contribution in [1.82, 2.24) is 14.8 Å². The van der Waals surface area contributed by atoms with Crippen molar-refractivity contribution >= 4 is 11.3 Å². The predicted octanol–water partition coefficient (Wildman–Crippen LogP) is 3.13. The van der Waals surface area contributed by atoms with Crippen molar-refractivity contribution in [2.45, 2.75) is 52.2 Å². The lowest BCUT2D eigenvalue weighted by molar-refractivity contribution is 0.203. The summed E-state index contributed by atoms with van der Waals surface area (Å²) in [7, 11) is 0. The number of aliphatic hydroxyl groups excluding tert-OH is 1. The van der Waals surface area contributed by atoms with Crippen LogP contribution in [0.4, 0.5) is 0 Å². The van der Waals surface area contributed by atoms with Crippen LogP contribution in [0.3, 0.4) is 0 Å². The van der Waals surface area contributed by atoms with E-state index in [2.05, 4.69) is 37.8 Å². The van der Waals surface area contributed by atoms with E-state index in [1.165, 1.54) is 0 Å². The number of hydrogen-bond donors (Lipinski definition) is 1. The molecule has 0 bridgehead atoms. The molecule has 1 atom stereocenters. The largest absolute Gasteiger partial charge is 0.380 e. The van der Waals surface area contributed by atoms with Gasteiger partial charge in [-0.25, -0.2) is 4.98 Å². The van der Waals surface area contributed by atoms with Gasteiger partial charge in [-0.15, -0.1) is 11.3 Å². The summed E-state index contributed by atoms with van der Waals surface area (Å²) in [5, 5.41) is 17.7. The first-order valence-corrected chi connectivity index (χ1v) is 7.47. The maximum atomic E-state index is 10.5. The Kier molecular flexibility index (Phi) is 4.06. The van der Waals surface area contributed by atoms with Crippen LogP contribution in [-0.2, 0) is 12.0 Å². The molecule has 0 aliphatic heterocycles. The average molecular weight is 279 g/mol. The summed E-state index contributed by atoms with van der Waals surface area (Å²) < 4.78 is 1.85. The lowest BCUT2D eigenvalue weighted by Crippen LogP contribution is -2.13. The Hall–Kier alpha value is -1.20. The fourth-order valence-electron chi connectivity index (χ4n) is 1.88. The highest BCUT2D eigenvalue weighted by molar-refractivity contribution is 7.09. The zero-order valence-corrected chi connectivity index (χ0v) is 12.7. The minimum atomic E-state index is -0.693. The number of aromatic nitrogens is 3. The molecule has 0 fully saturated rings. The van der Waals surface area contributed by atoms with Crippen LogP contribution in [0.25, 0.3) is 0 Å². The Balaban J connectivity index is 2.26. The number of aliphatic hydroxyl groups is 1. The molecule has 2 rings (SSSR count). The number of rotatable bonds is 4. The van der Waals surface area contributed by atoms with Gasteiger partial charge in [-0.05, 0) is 12.5 Å². The van der Waals surface area contributed by atoms with Crippen LogP contribution in [0, 0.1) is 0 Å². The number of hydrogen-bond acceptors (Lipinski definition) is 4. The Morgan fingerprint density at radius 3 is 2.74 bits per heavy atom. The summed E-state index contributed by atoms with van der Waals surface area (Å²) in [4.78, 5) is 4.57. The molecular formula is C14H21N3OS. The fraction of sp³-hybridized carbons (Fsp3) is 0.571. The molecule has 0 aromatic carbocycles. The third-order valence-corrected chi connectivity index (χ3v) is 4.19. The Morgan fingerprint density at radius 2 is 2.16 bits per heavy atom. The highest BCUT2D eigenvalue weighted by atomic mass is 32.1. The van der Waals surface area contributed by atoms with Crippen LogP contribution in [-0.4, -0.2) is 19.9 Å². The van der Waals surface area contributed by atoms with Crippen molar-refractivity contribution in [2.24, 2.45) is 0 Å². The molecule has 4 nitrogen and oxygen atoms in total. The van der Waals surface area contributed by atoms with E-state index in [0.29, 0.717) is 5.69 Å². The second-order valence-electron chi connectivity index (χ2n) is 5.71. The minimum Gasteiger partial charge on any atom is -0.380 e. The van der Waals surface area contributed by atoms with Gasteiger partial charge in [-0.3, -0.25) is 4.68 Å². The molecule has 0 spiro atoms. The lowest BCUT2D eigenvalue weighted by Gasteiger charge is -2.14. The van der Waals surface area contributed by atoms with Crippen molar-refractivity contribution in [2.75, 3.05) is 0 Å². The van der Waals surface area contributed by atoms with Gasteiger partial charge in [0.15, 0.2) is 0 Å². The SMILES string of the molecule is CCCn1nccc1C(O)c1csc(C(C)(C)C)n1. The minimum absolute atomic E-state index is 0.0201. The van der Waals surface area contributed by atoms with Crippen LogP contribution in [0.5, 0.6) is 0 Å². The van der Waals surface area contributed by atoms with E-state index in [4.69, 9.17) is 0 Å². The first kappa shape index (κ1) is 14.2. The van der Waals surface area contributed by atoms with Gasteiger partial charge >= 0.3 is 0 Å². The van der Waals surface area contributed by atoms with Gasteiger partial charge in [0.2, 0.25) is 0 Å². The van der Waals surface area contributed by atoms with Crippen LogP contribution in [0.2, 0.25) is 0 Å². The normalized spacial score (nSPS) is 13.7. The number of nitrogens with zero attached hydrogens (tertiary/aromatic N) is 3. The van der Waals surface area contributed by atoms with Gasteiger partial charge < -0.3 is 5.11 Å². The Bertz CT molecular complexity index is 539. The van der Waals surface area contributed by atoms with Crippen molar-refractivity contribution in [3.63, 3.8) is 0 Å². The molecule has 0 saturated heterocycles. The highest BCUT2D eigenvalue weighted by Gasteiger charge is 2.22. The monoisotopic (exact) mass is 279 g/mol. The van der Waals surface area contributed by atoms with Crippen molar-refractivity contribution < 1.29 is 5.11 Å². The molecule has 5 heteroatoms. The summed E-state index contributed by atoms with van der Waals surface area (Å²) in [5.41, 5.74) is 1.55. The highest BCUT2D eigenvalue weighted by Crippen LogP contribution is 2.29. The van der Waals surface area contributed by atoms with E-state index in [9.17, 15) is 5.11 Å². The van der Waals surface area contributed by atoms with Gasteiger partial charge in [0.05, 0.1) is 16.4 Å². The van der Waals surface area contributed by atoms with Crippen LogP contribution >= 0.6 is 11.3 Å². The van der Waals surface area contributed by atoms with E-state index in [-0.39, 0.29) is 5.41 Å². The molecule has 1 unspecified atom stereocenters. The molecule has 2 heterocycles. The molecule has 19 heavy (non-hydrogen) atoms. The van der Waals surface area contributed by atoms with E-state index < -0.39 is 6.10 Å². The zero-order chi connectivity index (χ0) is 14.0. The summed E-state index contributed by atoms with van der Waals surface area (Å²) in [5.74, 6) is 0. The second kappa shape index (κ2) is 5.43. The van der Waals surface area contributed by atoms with Gasteiger partial charge in [-0.2, -0.15) is 5.10 Å². The summed E-state index contributed by atoms with van der Waals surface area (Å²) in [6, 6.07) is 1.86. The maximum absolute atomic E-state index is 10.5. The molecule has 0 amide bonds. The predicted molar refractivity (Wildman–Crippen MR) is 77.4 cm³/mol. The fourth-order valence-corrected chi connectivity index (χ4v) is 2.81. The molecule has 2 aromatic heterocycles. The van der Waals surface area contributed by atoms with E-state index in [1.54, 1.807) is 17.5 Å². The molecule has 0 saturated carbocycles. The van der Waals surface area contributed by atoms with E-state index in [0.717, 1.165) is 23.7 Å². The van der Waals surface area contributed by atoms with E-state index in [1.807, 2.05) is 16.1 Å². The summed E-state index contributed by atoms with van der Waals surface area (Å²) in [6.07, 6.45) is 2.03. The third-order valence-electron chi connectivity index (χ3n) is 2.91. The molecule has 0 radical (unpaired) electrons. The third kappa shape index (κ3) is 3.04. The molecule has 2 aromatic rings. The topological polar surface area (TPSA) is 50.9 Å². The smallest absolute Gasteiger partial charge is 0.138 e. The zero-order valence-electron chi connectivity index (χ0n) is 11.9. The van der Waals surface area contributed by atoms with Gasteiger partial charge in [0, 0.05) is 23.5 Å². The van der Waals surface area contributed by atoms with Gasteiger partial charge in [0.1, 0.15) is 6.10 Å². The summed E-state index contributed by atoms with van der Waals surface area (Å²) >= 11 is 1.60. The van der Waals surface area contributed by atoms with Crippen molar-refractivity contribution in [3.05, 3.63) is 34.0 Å². The van der Waals surface area contributed by atoms with Crippen LogP contribution in [0.1, 0.15) is 56.6 Å². The van der Waals surface area contributed by atoms with Crippen molar-refractivity contribution in [1.29, 1.82) is 0 Å². The van der Waals surface area contributed by atoms with E-state index >= 15 is 0 Å². The number of aryl methyl sites for hydroxylation is 1. The molecule has 0 aliphatic rings. The average Bonchev–Trinajstić information content (AvgIpc) is 2.96. The standard InChI is InChI=1S/C14H21N3OS/c1-5-8-17-11(6-7-15-17)12(18)10-9-19-13(16-10)14(2,3)4/h6-7,9,12,18H,5,8H2,1-4H3. The maximum Gasteiger partial charge on any atom is 0.138 e. The Labute approximate surface area is 118 Å². The lowest BCUT2D eigenvalue weighted by atomic mass is 9.98. The molecule has 104 valence electrons. The second-order valence-corrected chi connectivity index (χ2v) is 6.57. The quantitative estimate of drug-likeness (QED) is 0.935. The number of thiazole rings is 1. The van der Waals surface area contributed by atoms with Gasteiger partial charge in [0.25, 0.3) is 0 Å². The molecule has 1 N–H and O–H groups in total. The molecular weight excluding hydrogens is 258 g/mol. The molecule has 0 aliphatic carbocycles. The van der Waals surface area contributed by atoms with Crippen molar-refractivity contribution in [3.8, 4) is 0 Å². The van der Waals surface area contributed by atoms with Crippen LogP contribution in [0.15, 0.2) is 17.6 Å². The van der Waals surface area contributed by atoms with Gasteiger partial charge in [-0.1, -0.05) is 27.7 Å². The first-order chi connectivity index (χ1) is 8.93. The Morgan fingerprint density at radius 1 is 1.42 bits per heavy atom. The van der Waals surface area contributed by atoms with Crippen LogP contribution < -0.4 is 0 Å². The first-order valence-electron chi connectivity index (χ1n) is 6.59.